The first kappa shape index (κ1) is 31.0. The number of para-hydroxylation sites is 1. The molecule has 0 aliphatic heterocycles. The zero-order valence-electron chi connectivity index (χ0n) is 30.3. The number of hydrogen-bond donors (Lipinski definition) is 0. The topological polar surface area (TPSA) is 26.3 Å². The summed E-state index contributed by atoms with van der Waals surface area (Å²) in [5.41, 5.74) is 10.5. The van der Waals surface area contributed by atoms with Crippen molar-refractivity contribution >= 4 is 76.0 Å². The third kappa shape index (κ3) is 4.50. The van der Waals surface area contributed by atoms with E-state index < -0.39 is 0 Å². The molecule has 0 fully saturated rings. The summed E-state index contributed by atoms with van der Waals surface area (Å²) >= 11 is 0. The van der Waals surface area contributed by atoms with Gasteiger partial charge in [0, 0.05) is 32.7 Å². The van der Waals surface area contributed by atoms with Crippen LogP contribution in [0.25, 0.3) is 121 Å². The lowest BCUT2D eigenvalue weighted by Gasteiger charge is -2.19. The summed E-state index contributed by atoms with van der Waals surface area (Å²) in [6.07, 6.45) is 0. The van der Waals surface area contributed by atoms with Crippen molar-refractivity contribution in [1.29, 1.82) is 0 Å². The van der Waals surface area contributed by atoms with Crippen LogP contribution in [0.4, 0.5) is 0 Å². The zero-order valence-corrected chi connectivity index (χ0v) is 30.3. The van der Waals surface area contributed by atoms with Gasteiger partial charge in [0.25, 0.3) is 0 Å². The molecule has 0 aliphatic rings. The predicted octanol–water partition coefficient (Wildman–Crippen LogP) is 15.6. The van der Waals surface area contributed by atoms with Crippen LogP contribution in [-0.4, -0.2) is 0 Å². The first-order chi connectivity index (χ1) is 27.8. The summed E-state index contributed by atoms with van der Waals surface area (Å²) < 4.78 is 14.0. The monoisotopic (exact) mass is 712 g/mol. The van der Waals surface area contributed by atoms with Gasteiger partial charge in [0.05, 0.1) is 0 Å². The lowest BCUT2D eigenvalue weighted by molar-refractivity contribution is 0.635. The molecular formula is C54H32O2. The minimum atomic E-state index is 0.825. The van der Waals surface area contributed by atoms with Gasteiger partial charge < -0.3 is 8.83 Å². The Morgan fingerprint density at radius 3 is 1.59 bits per heavy atom. The average Bonchev–Trinajstić information content (AvgIpc) is 3.85. The lowest BCUT2D eigenvalue weighted by atomic mass is 9.84. The van der Waals surface area contributed by atoms with Gasteiger partial charge in [-0.3, -0.25) is 0 Å². The van der Waals surface area contributed by atoms with Crippen molar-refractivity contribution in [3.63, 3.8) is 0 Å². The van der Waals surface area contributed by atoms with E-state index in [2.05, 4.69) is 188 Å². The Hall–Kier alpha value is -7.42. The Balaban J connectivity index is 1.25. The number of hydrogen-bond acceptors (Lipinski definition) is 2. The lowest BCUT2D eigenvalue weighted by Crippen LogP contribution is -1.92. The van der Waals surface area contributed by atoms with Gasteiger partial charge in [-0.25, -0.2) is 0 Å². The van der Waals surface area contributed by atoms with Crippen LogP contribution in [0.3, 0.4) is 0 Å². The van der Waals surface area contributed by atoms with Crippen molar-refractivity contribution in [2.75, 3.05) is 0 Å². The van der Waals surface area contributed by atoms with Crippen molar-refractivity contribution in [1.82, 2.24) is 0 Å². The van der Waals surface area contributed by atoms with Gasteiger partial charge in [0.1, 0.15) is 22.5 Å². The molecule has 2 nitrogen and oxygen atoms in total. The molecular weight excluding hydrogens is 681 g/mol. The van der Waals surface area contributed by atoms with E-state index in [1.807, 2.05) is 6.07 Å². The maximum absolute atomic E-state index is 7.23. The third-order valence-corrected chi connectivity index (χ3v) is 11.6. The third-order valence-electron chi connectivity index (χ3n) is 11.6. The van der Waals surface area contributed by atoms with Crippen molar-refractivity contribution in [2.24, 2.45) is 0 Å². The minimum Gasteiger partial charge on any atom is -0.456 e. The Kier molecular flexibility index (Phi) is 6.66. The molecule has 12 rings (SSSR count). The van der Waals surface area contributed by atoms with Crippen LogP contribution in [0.1, 0.15) is 0 Å². The highest BCUT2D eigenvalue weighted by Gasteiger charge is 2.25. The molecule has 260 valence electrons. The molecule has 2 heteroatoms. The standard InChI is InChI=1S/C54H32O2/c1-2-17-35(18-3-1)49-40-22-8-10-24-42(40)50(43-25-11-9-23-41(43)49)46-31-36(32-48-51(46)44-26-12-13-28-47(44)55-48)53-52(39-27-14-19-33-15-4-6-20-37(33)39)45-30-29-34-16-5-7-21-38(34)54(45)56-53/h1-32H. The highest BCUT2D eigenvalue weighted by molar-refractivity contribution is 6.26. The Morgan fingerprint density at radius 1 is 0.286 bits per heavy atom. The summed E-state index contributed by atoms with van der Waals surface area (Å²) in [7, 11) is 0. The van der Waals surface area contributed by atoms with Gasteiger partial charge in [0.15, 0.2) is 0 Å². The fraction of sp³-hybridized carbons (Fsp3) is 0. The van der Waals surface area contributed by atoms with Crippen LogP contribution in [-0.2, 0) is 0 Å². The smallest absolute Gasteiger partial charge is 0.143 e. The zero-order chi connectivity index (χ0) is 36.7. The van der Waals surface area contributed by atoms with Crippen LogP contribution in [0.15, 0.2) is 203 Å². The van der Waals surface area contributed by atoms with Crippen LogP contribution in [0.5, 0.6) is 0 Å². The second-order valence-electron chi connectivity index (χ2n) is 14.7. The molecule has 0 bridgehead atoms. The molecule has 56 heavy (non-hydrogen) atoms. The average molecular weight is 713 g/mol. The maximum atomic E-state index is 7.23. The Bertz CT molecular complexity index is 3470. The normalized spacial score (nSPS) is 11.9. The van der Waals surface area contributed by atoms with Crippen molar-refractivity contribution < 1.29 is 8.83 Å². The quantitative estimate of drug-likeness (QED) is 0.170. The van der Waals surface area contributed by atoms with E-state index >= 15 is 0 Å². The maximum Gasteiger partial charge on any atom is 0.143 e. The van der Waals surface area contributed by atoms with Crippen molar-refractivity contribution in [2.45, 2.75) is 0 Å². The molecule has 0 N–H and O–H groups in total. The van der Waals surface area contributed by atoms with Gasteiger partial charge in [-0.05, 0) is 89.8 Å². The van der Waals surface area contributed by atoms with Gasteiger partial charge in [-0.1, -0.05) is 170 Å². The van der Waals surface area contributed by atoms with E-state index in [4.69, 9.17) is 8.83 Å². The Labute approximate surface area is 322 Å². The van der Waals surface area contributed by atoms with E-state index in [1.165, 1.54) is 49.0 Å². The summed E-state index contributed by atoms with van der Waals surface area (Å²) in [6, 6.07) is 69.6. The summed E-state index contributed by atoms with van der Waals surface area (Å²) in [5.74, 6) is 0.825. The molecule has 12 aromatic rings. The largest absolute Gasteiger partial charge is 0.456 e. The predicted molar refractivity (Wildman–Crippen MR) is 235 cm³/mol. The van der Waals surface area contributed by atoms with Gasteiger partial charge in [0.2, 0.25) is 0 Å². The van der Waals surface area contributed by atoms with E-state index in [-0.39, 0.29) is 0 Å². The second-order valence-corrected chi connectivity index (χ2v) is 14.7. The summed E-state index contributed by atoms with van der Waals surface area (Å²) in [6.45, 7) is 0. The van der Waals surface area contributed by atoms with Crippen LogP contribution < -0.4 is 0 Å². The Morgan fingerprint density at radius 2 is 0.857 bits per heavy atom. The summed E-state index contributed by atoms with van der Waals surface area (Å²) in [5, 5.41) is 12.7. The van der Waals surface area contributed by atoms with E-state index in [1.54, 1.807) is 0 Å². The number of furan rings is 2. The number of benzene rings is 10. The van der Waals surface area contributed by atoms with E-state index in [9.17, 15) is 0 Å². The molecule has 2 aromatic heterocycles. The molecule has 0 amide bonds. The molecule has 0 saturated heterocycles. The molecule has 0 atom stereocenters. The minimum absolute atomic E-state index is 0.825. The second kappa shape index (κ2) is 12.0. The number of rotatable bonds is 4. The first-order valence-electron chi connectivity index (χ1n) is 19.2. The van der Waals surface area contributed by atoms with Crippen molar-refractivity contribution in [3.05, 3.63) is 194 Å². The summed E-state index contributed by atoms with van der Waals surface area (Å²) in [4.78, 5) is 0. The molecule has 0 aliphatic carbocycles. The molecule has 0 radical (unpaired) electrons. The van der Waals surface area contributed by atoms with Crippen LogP contribution >= 0.6 is 0 Å². The molecule has 0 saturated carbocycles. The van der Waals surface area contributed by atoms with Gasteiger partial charge in [-0.2, -0.15) is 0 Å². The van der Waals surface area contributed by atoms with Gasteiger partial charge in [-0.15, -0.1) is 0 Å². The first-order valence-corrected chi connectivity index (χ1v) is 19.2. The fourth-order valence-corrected chi connectivity index (χ4v) is 9.26. The van der Waals surface area contributed by atoms with Crippen LogP contribution in [0.2, 0.25) is 0 Å². The van der Waals surface area contributed by atoms with Crippen molar-refractivity contribution in [3.8, 4) is 44.7 Å². The fourth-order valence-electron chi connectivity index (χ4n) is 9.26. The number of fused-ring (bicyclic) bond motifs is 9. The molecule has 10 aromatic carbocycles. The molecule has 2 heterocycles. The molecule has 0 unspecified atom stereocenters. The van der Waals surface area contributed by atoms with Gasteiger partial charge >= 0.3 is 0 Å². The SMILES string of the molecule is c1ccc(-c2c3ccccc3c(-c3cc(-c4oc5c(ccc6ccccc65)c4-c4cccc5ccccc45)cc4oc5ccccc5c34)c3ccccc23)cc1. The highest BCUT2D eigenvalue weighted by Crippen LogP contribution is 2.51. The highest BCUT2D eigenvalue weighted by atomic mass is 16.3. The molecule has 0 spiro atoms. The van der Waals surface area contributed by atoms with E-state index in [0.29, 0.717) is 0 Å². The van der Waals surface area contributed by atoms with Crippen LogP contribution in [0, 0.1) is 0 Å². The van der Waals surface area contributed by atoms with E-state index in [0.717, 1.165) is 71.7 Å².